The third-order valence-electron chi connectivity index (χ3n) is 2.50. The number of aliphatic hydroxyl groups excluding tert-OH is 1. The Hall–Kier alpha value is -1.56. The highest BCUT2D eigenvalue weighted by Gasteiger charge is 2.30. The molecule has 0 aliphatic rings. The Bertz CT molecular complexity index is 414. The first-order valence-corrected chi connectivity index (χ1v) is 5.47. The van der Waals surface area contributed by atoms with E-state index in [0.29, 0.717) is 6.42 Å². The van der Waals surface area contributed by atoms with Gasteiger partial charge in [-0.05, 0) is 24.6 Å². The zero-order valence-electron chi connectivity index (χ0n) is 9.79. The topological polar surface area (TPSA) is 49.3 Å². The van der Waals surface area contributed by atoms with Crippen molar-refractivity contribution in [3.8, 4) is 0 Å². The molecular formula is C12H14F3NO2. The monoisotopic (exact) mass is 261 g/mol. The average molecular weight is 261 g/mol. The third-order valence-corrected chi connectivity index (χ3v) is 2.50. The second-order valence-corrected chi connectivity index (χ2v) is 3.84. The maximum Gasteiger partial charge on any atom is 0.416 e. The van der Waals surface area contributed by atoms with Crippen LogP contribution in [0.25, 0.3) is 0 Å². The molecule has 1 amide bonds. The van der Waals surface area contributed by atoms with E-state index in [9.17, 15) is 18.0 Å². The number of nitrogens with one attached hydrogen (secondary N) is 1. The molecule has 0 unspecified atom stereocenters. The molecule has 0 saturated heterocycles. The van der Waals surface area contributed by atoms with E-state index >= 15 is 0 Å². The Morgan fingerprint density at radius 1 is 1.44 bits per heavy atom. The molecule has 0 fully saturated rings. The first-order valence-electron chi connectivity index (χ1n) is 5.47. The first-order chi connectivity index (χ1) is 8.38. The molecule has 100 valence electrons. The van der Waals surface area contributed by atoms with Crippen LogP contribution in [0.4, 0.5) is 13.2 Å². The van der Waals surface area contributed by atoms with E-state index in [0.717, 1.165) is 12.1 Å². The van der Waals surface area contributed by atoms with E-state index in [2.05, 4.69) is 5.32 Å². The van der Waals surface area contributed by atoms with E-state index in [1.807, 2.05) is 0 Å². The molecular weight excluding hydrogens is 247 g/mol. The van der Waals surface area contributed by atoms with Gasteiger partial charge in [-0.25, -0.2) is 0 Å². The molecule has 1 aromatic carbocycles. The van der Waals surface area contributed by atoms with Gasteiger partial charge in [0, 0.05) is 5.56 Å². The van der Waals surface area contributed by atoms with Crippen LogP contribution < -0.4 is 5.32 Å². The van der Waals surface area contributed by atoms with Crippen LogP contribution in [-0.2, 0) is 6.18 Å². The van der Waals surface area contributed by atoms with Gasteiger partial charge in [0.2, 0.25) is 0 Å². The molecule has 0 spiro atoms. The zero-order valence-corrected chi connectivity index (χ0v) is 9.79. The van der Waals surface area contributed by atoms with Gasteiger partial charge in [-0.1, -0.05) is 13.0 Å². The zero-order chi connectivity index (χ0) is 13.8. The number of rotatable bonds is 4. The van der Waals surface area contributed by atoms with Crippen molar-refractivity contribution in [2.45, 2.75) is 25.6 Å². The number of hydrogen-bond acceptors (Lipinski definition) is 2. The van der Waals surface area contributed by atoms with Crippen molar-refractivity contribution in [3.63, 3.8) is 0 Å². The smallest absolute Gasteiger partial charge is 0.394 e. The molecule has 0 saturated carbocycles. The summed E-state index contributed by atoms with van der Waals surface area (Å²) in [7, 11) is 0. The Morgan fingerprint density at radius 2 is 2.11 bits per heavy atom. The van der Waals surface area contributed by atoms with Crippen molar-refractivity contribution in [1.82, 2.24) is 5.32 Å². The number of benzene rings is 1. The number of halogens is 3. The molecule has 0 aliphatic carbocycles. The maximum atomic E-state index is 12.5. The van der Waals surface area contributed by atoms with Crippen molar-refractivity contribution in [2.24, 2.45) is 0 Å². The number of amides is 1. The summed E-state index contributed by atoms with van der Waals surface area (Å²) < 4.78 is 37.4. The van der Waals surface area contributed by atoms with Gasteiger partial charge in [0.05, 0.1) is 18.2 Å². The summed E-state index contributed by atoms with van der Waals surface area (Å²) in [6.07, 6.45) is -3.97. The lowest BCUT2D eigenvalue weighted by Crippen LogP contribution is -2.37. The molecule has 1 rings (SSSR count). The molecule has 0 aliphatic heterocycles. The van der Waals surface area contributed by atoms with Gasteiger partial charge >= 0.3 is 6.18 Å². The fourth-order valence-corrected chi connectivity index (χ4v) is 1.38. The fourth-order valence-electron chi connectivity index (χ4n) is 1.38. The van der Waals surface area contributed by atoms with Gasteiger partial charge in [-0.15, -0.1) is 0 Å². The normalized spacial score (nSPS) is 13.2. The van der Waals surface area contributed by atoms with Crippen LogP contribution in [0.5, 0.6) is 0 Å². The minimum Gasteiger partial charge on any atom is -0.394 e. The predicted molar refractivity (Wildman–Crippen MR) is 60.1 cm³/mol. The molecule has 6 heteroatoms. The number of carbonyl (C=O) groups excluding carboxylic acids is 1. The van der Waals surface area contributed by atoms with Gasteiger partial charge in [0.1, 0.15) is 0 Å². The van der Waals surface area contributed by atoms with Crippen LogP contribution in [0.2, 0.25) is 0 Å². The van der Waals surface area contributed by atoms with Gasteiger partial charge in [-0.2, -0.15) is 13.2 Å². The van der Waals surface area contributed by atoms with Crippen molar-refractivity contribution in [2.75, 3.05) is 6.61 Å². The van der Waals surface area contributed by atoms with E-state index < -0.39 is 23.7 Å². The highest BCUT2D eigenvalue weighted by atomic mass is 19.4. The van der Waals surface area contributed by atoms with Crippen LogP contribution in [0, 0.1) is 0 Å². The molecule has 0 radical (unpaired) electrons. The Morgan fingerprint density at radius 3 is 2.61 bits per heavy atom. The fraction of sp³-hybridized carbons (Fsp3) is 0.417. The van der Waals surface area contributed by atoms with Crippen molar-refractivity contribution >= 4 is 5.91 Å². The van der Waals surface area contributed by atoms with Crippen molar-refractivity contribution in [1.29, 1.82) is 0 Å². The van der Waals surface area contributed by atoms with Crippen molar-refractivity contribution in [3.05, 3.63) is 35.4 Å². The average Bonchev–Trinajstić information content (AvgIpc) is 2.34. The molecule has 18 heavy (non-hydrogen) atoms. The van der Waals surface area contributed by atoms with Crippen LogP contribution in [0.1, 0.15) is 29.3 Å². The lowest BCUT2D eigenvalue weighted by atomic mass is 10.1. The van der Waals surface area contributed by atoms with Crippen LogP contribution in [0.15, 0.2) is 24.3 Å². The van der Waals surface area contributed by atoms with Gasteiger partial charge in [-0.3, -0.25) is 4.79 Å². The minimum atomic E-state index is -4.47. The highest BCUT2D eigenvalue weighted by molar-refractivity contribution is 5.94. The van der Waals surface area contributed by atoms with E-state index in [1.54, 1.807) is 6.92 Å². The SMILES string of the molecule is CC[C@@H](CO)NC(=O)c1cccc(C(F)(F)F)c1. The standard InChI is InChI=1S/C12H14F3NO2/c1-2-10(7-17)16-11(18)8-4-3-5-9(6-8)12(13,14)15/h3-6,10,17H,2,7H2,1H3,(H,16,18)/t10-/m0/s1. The Kier molecular flexibility index (Phi) is 4.72. The lowest BCUT2D eigenvalue weighted by molar-refractivity contribution is -0.137. The minimum absolute atomic E-state index is 0.0725. The molecule has 3 nitrogen and oxygen atoms in total. The number of carbonyl (C=O) groups is 1. The summed E-state index contributed by atoms with van der Waals surface area (Å²) >= 11 is 0. The van der Waals surface area contributed by atoms with Crippen molar-refractivity contribution < 1.29 is 23.1 Å². The highest BCUT2D eigenvalue weighted by Crippen LogP contribution is 2.29. The molecule has 0 bridgehead atoms. The first kappa shape index (κ1) is 14.5. The summed E-state index contributed by atoms with van der Waals surface area (Å²) in [6, 6.07) is 3.72. The second kappa shape index (κ2) is 5.86. The van der Waals surface area contributed by atoms with Gasteiger partial charge < -0.3 is 10.4 Å². The van der Waals surface area contributed by atoms with Gasteiger partial charge in [0.15, 0.2) is 0 Å². The summed E-state index contributed by atoms with van der Waals surface area (Å²) in [6.45, 7) is 1.51. The quantitative estimate of drug-likeness (QED) is 0.873. The molecule has 1 aromatic rings. The number of alkyl halides is 3. The summed E-state index contributed by atoms with van der Waals surface area (Å²) in [5.41, 5.74) is -0.941. The maximum absolute atomic E-state index is 12.5. The third kappa shape index (κ3) is 3.73. The lowest BCUT2D eigenvalue weighted by Gasteiger charge is -2.14. The second-order valence-electron chi connectivity index (χ2n) is 3.84. The number of aliphatic hydroxyl groups is 1. The largest absolute Gasteiger partial charge is 0.416 e. The Balaban J connectivity index is 2.87. The molecule has 0 heterocycles. The number of hydrogen-bond donors (Lipinski definition) is 2. The van der Waals surface area contributed by atoms with E-state index in [1.165, 1.54) is 12.1 Å². The predicted octanol–water partition coefficient (Wildman–Crippen LogP) is 2.21. The summed E-state index contributed by atoms with van der Waals surface area (Å²) in [4.78, 5) is 11.7. The van der Waals surface area contributed by atoms with Gasteiger partial charge in [0.25, 0.3) is 5.91 Å². The molecule has 0 aromatic heterocycles. The van der Waals surface area contributed by atoms with Crippen LogP contribution in [0.3, 0.4) is 0 Å². The van der Waals surface area contributed by atoms with E-state index in [-0.39, 0.29) is 12.2 Å². The van der Waals surface area contributed by atoms with Crippen LogP contribution >= 0.6 is 0 Å². The molecule has 2 N–H and O–H groups in total. The van der Waals surface area contributed by atoms with Crippen LogP contribution in [-0.4, -0.2) is 23.7 Å². The molecule has 1 atom stereocenters. The Labute approximate surface area is 103 Å². The summed E-state index contributed by atoms with van der Waals surface area (Å²) in [5.74, 6) is -0.623. The summed E-state index contributed by atoms with van der Waals surface area (Å²) in [5, 5.41) is 11.4. The van der Waals surface area contributed by atoms with E-state index in [4.69, 9.17) is 5.11 Å².